The monoisotopic (exact) mass is 338 g/mol. The van der Waals surface area contributed by atoms with E-state index in [-0.39, 0.29) is 11.9 Å². The van der Waals surface area contributed by atoms with Crippen molar-refractivity contribution in [1.29, 1.82) is 0 Å². The highest BCUT2D eigenvalue weighted by atomic mass is 16.5. The summed E-state index contributed by atoms with van der Waals surface area (Å²) >= 11 is 0. The van der Waals surface area contributed by atoms with Crippen molar-refractivity contribution in [2.45, 2.75) is 38.6 Å². The van der Waals surface area contributed by atoms with Crippen molar-refractivity contribution in [1.82, 2.24) is 30.0 Å². The van der Waals surface area contributed by atoms with Crippen LogP contribution in [0.15, 0.2) is 35.4 Å². The number of amides is 1. The van der Waals surface area contributed by atoms with Gasteiger partial charge in [-0.2, -0.15) is 4.98 Å². The molecule has 4 rings (SSSR count). The summed E-state index contributed by atoms with van der Waals surface area (Å²) in [5.74, 6) is 2.09. The Kier molecular flexibility index (Phi) is 3.79. The van der Waals surface area contributed by atoms with Gasteiger partial charge in [-0.15, -0.1) is 0 Å². The predicted molar refractivity (Wildman–Crippen MR) is 89.2 cm³/mol. The van der Waals surface area contributed by atoms with Gasteiger partial charge in [-0.05, 0) is 38.8 Å². The molecular weight excluding hydrogens is 320 g/mol. The zero-order valence-electron chi connectivity index (χ0n) is 14.0. The van der Waals surface area contributed by atoms with E-state index in [0.717, 1.165) is 24.2 Å². The van der Waals surface area contributed by atoms with E-state index < -0.39 is 0 Å². The zero-order valence-corrected chi connectivity index (χ0v) is 14.0. The molecule has 0 radical (unpaired) electrons. The molecule has 3 aromatic heterocycles. The zero-order chi connectivity index (χ0) is 17.4. The largest absolute Gasteiger partial charge is 0.348 e. The van der Waals surface area contributed by atoms with Gasteiger partial charge in [-0.25, -0.2) is 9.97 Å². The highest BCUT2D eigenvalue weighted by Gasteiger charge is 2.29. The number of hydrogen-bond donors (Lipinski definition) is 1. The third-order valence-electron chi connectivity index (χ3n) is 3.88. The van der Waals surface area contributed by atoms with Gasteiger partial charge in [0.25, 0.3) is 11.8 Å². The normalized spacial score (nSPS) is 14.0. The third kappa shape index (κ3) is 3.28. The van der Waals surface area contributed by atoms with Gasteiger partial charge in [0.05, 0.1) is 0 Å². The molecule has 128 valence electrons. The molecule has 0 aromatic carbocycles. The fourth-order valence-electron chi connectivity index (χ4n) is 2.45. The molecule has 0 spiro atoms. The molecule has 3 aromatic rings. The number of carbonyl (C=O) groups excluding carboxylic acids is 1. The molecule has 1 amide bonds. The molecule has 0 bridgehead atoms. The van der Waals surface area contributed by atoms with Crippen LogP contribution in [0.5, 0.6) is 0 Å². The second-order valence-electron chi connectivity index (χ2n) is 6.43. The molecule has 8 heteroatoms. The topological polar surface area (TPSA) is 98.7 Å². The van der Waals surface area contributed by atoms with Gasteiger partial charge in [0.2, 0.25) is 0 Å². The van der Waals surface area contributed by atoms with Crippen LogP contribution in [0.3, 0.4) is 0 Å². The van der Waals surface area contributed by atoms with Gasteiger partial charge in [0, 0.05) is 29.9 Å². The third-order valence-corrected chi connectivity index (χ3v) is 3.88. The Bertz CT molecular complexity index is 909. The summed E-state index contributed by atoms with van der Waals surface area (Å²) in [7, 11) is 0. The lowest BCUT2D eigenvalue weighted by Gasteiger charge is -2.05. The van der Waals surface area contributed by atoms with Crippen LogP contribution in [0.2, 0.25) is 0 Å². The van der Waals surface area contributed by atoms with Gasteiger partial charge < -0.3 is 9.84 Å². The summed E-state index contributed by atoms with van der Waals surface area (Å²) < 4.78 is 7.04. The fourth-order valence-corrected chi connectivity index (χ4v) is 2.45. The maximum absolute atomic E-state index is 12.0. The summed E-state index contributed by atoms with van der Waals surface area (Å²) in [6, 6.07) is 3.70. The van der Waals surface area contributed by atoms with Crippen LogP contribution in [-0.4, -0.2) is 36.6 Å². The van der Waals surface area contributed by atoms with E-state index in [1.807, 2.05) is 26.0 Å². The molecule has 1 saturated carbocycles. The number of hydrogen-bond acceptors (Lipinski definition) is 6. The van der Waals surface area contributed by atoms with Gasteiger partial charge in [0.1, 0.15) is 17.8 Å². The molecule has 0 atom stereocenters. The molecular formula is C17H18N6O2. The Labute approximate surface area is 144 Å². The number of nitrogens with one attached hydrogen (secondary N) is 1. The van der Waals surface area contributed by atoms with Crippen LogP contribution in [0.4, 0.5) is 0 Å². The van der Waals surface area contributed by atoms with Crippen LogP contribution in [-0.2, 0) is 0 Å². The molecule has 0 saturated heterocycles. The average molecular weight is 338 g/mol. The van der Waals surface area contributed by atoms with Crippen molar-refractivity contribution >= 4 is 5.91 Å². The molecule has 25 heavy (non-hydrogen) atoms. The maximum atomic E-state index is 12.0. The first kappa shape index (κ1) is 15.5. The minimum Gasteiger partial charge on any atom is -0.348 e. The van der Waals surface area contributed by atoms with Crippen molar-refractivity contribution < 1.29 is 9.32 Å². The molecule has 1 fully saturated rings. The fraction of sp³-hybridized carbons (Fsp3) is 0.353. The Hall–Kier alpha value is -3.03. The first-order valence-corrected chi connectivity index (χ1v) is 8.25. The second kappa shape index (κ2) is 6.12. The lowest BCUT2D eigenvalue weighted by Crippen LogP contribution is -2.30. The number of rotatable bonds is 5. The quantitative estimate of drug-likeness (QED) is 0.766. The van der Waals surface area contributed by atoms with E-state index in [9.17, 15) is 4.79 Å². The van der Waals surface area contributed by atoms with E-state index in [4.69, 9.17) is 4.52 Å². The van der Waals surface area contributed by atoms with E-state index >= 15 is 0 Å². The molecule has 8 nitrogen and oxygen atoms in total. The van der Waals surface area contributed by atoms with Crippen molar-refractivity contribution in [3.8, 4) is 17.3 Å². The molecule has 0 aliphatic heterocycles. The maximum Gasteiger partial charge on any atom is 0.271 e. The van der Waals surface area contributed by atoms with Crippen LogP contribution in [0, 0.1) is 0 Å². The summed E-state index contributed by atoms with van der Waals surface area (Å²) in [5.41, 5.74) is 1.13. The van der Waals surface area contributed by atoms with Gasteiger partial charge >= 0.3 is 0 Å². The van der Waals surface area contributed by atoms with Crippen LogP contribution < -0.4 is 5.32 Å². The number of aromatic nitrogens is 5. The van der Waals surface area contributed by atoms with Crippen molar-refractivity contribution in [3.63, 3.8) is 0 Å². The standard InChI is InChI=1S/C17H18N6O2/c1-10(2)20-16(24)13-8-23(9-19-13)14-7-12(5-6-18-14)17-21-15(22-25-17)11-3-4-11/h5-11H,3-4H2,1-2H3,(H,20,24). The summed E-state index contributed by atoms with van der Waals surface area (Å²) in [6.07, 6.45) is 7.12. The summed E-state index contributed by atoms with van der Waals surface area (Å²) in [5, 5.41) is 6.85. The van der Waals surface area contributed by atoms with Crippen LogP contribution in [0.1, 0.15) is 48.9 Å². The highest BCUT2D eigenvalue weighted by molar-refractivity contribution is 5.92. The number of carbonyl (C=O) groups is 1. The van der Waals surface area contributed by atoms with Crippen molar-refractivity contribution in [2.75, 3.05) is 0 Å². The number of imidazole rings is 1. The van der Waals surface area contributed by atoms with E-state index in [2.05, 4.69) is 25.4 Å². The minimum absolute atomic E-state index is 0.0530. The van der Waals surface area contributed by atoms with Crippen molar-refractivity contribution in [2.24, 2.45) is 0 Å². The van der Waals surface area contributed by atoms with Gasteiger partial charge in [-0.1, -0.05) is 5.16 Å². The van der Waals surface area contributed by atoms with E-state index in [1.165, 1.54) is 0 Å². The van der Waals surface area contributed by atoms with E-state index in [1.54, 1.807) is 23.3 Å². The van der Waals surface area contributed by atoms with Gasteiger partial charge in [-0.3, -0.25) is 9.36 Å². The second-order valence-corrected chi connectivity index (χ2v) is 6.43. The molecule has 1 aliphatic rings. The molecule has 3 heterocycles. The highest BCUT2D eigenvalue weighted by Crippen LogP contribution is 2.38. The first-order chi connectivity index (χ1) is 12.1. The number of nitrogens with zero attached hydrogens (tertiary/aromatic N) is 5. The predicted octanol–water partition coefficient (Wildman–Crippen LogP) is 2.33. The Morgan fingerprint density at radius 2 is 2.20 bits per heavy atom. The molecule has 1 aliphatic carbocycles. The van der Waals surface area contributed by atoms with Crippen molar-refractivity contribution in [3.05, 3.63) is 42.4 Å². The Morgan fingerprint density at radius 3 is 2.96 bits per heavy atom. The summed E-state index contributed by atoms with van der Waals surface area (Å²) in [6.45, 7) is 3.81. The molecule has 1 N–H and O–H groups in total. The first-order valence-electron chi connectivity index (χ1n) is 8.25. The lowest BCUT2D eigenvalue weighted by atomic mass is 10.2. The number of pyridine rings is 1. The molecule has 0 unspecified atom stereocenters. The van der Waals surface area contributed by atoms with Gasteiger partial charge in [0.15, 0.2) is 5.82 Å². The van der Waals surface area contributed by atoms with E-state index in [0.29, 0.717) is 23.3 Å². The smallest absolute Gasteiger partial charge is 0.271 e. The minimum atomic E-state index is -0.212. The Balaban J connectivity index is 1.58. The Morgan fingerprint density at radius 1 is 1.36 bits per heavy atom. The van der Waals surface area contributed by atoms with Crippen LogP contribution >= 0.6 is 0 Å². The lowest BCUT2D eigenvalue weighted by molar-refractivity contribution is 0.0938. The van der Waals surface area contributed by atoms with Crippen LogP contribution in [0.25, 0.3) is 17.3 Å². The SMILES string of the molecule is CC(C)NC(=O)c1cn(-c2cc(-c3nc(C4CC4)no3)ccn2)cn1. The average Bonchev–Trinajstić information content (AvgIpc) is 3.13. The summed E-state index contributed by atoms with van der Waals surface area (Å²) in [4.78, 5) is 24.9.